The van der Waals surface area contributed by atoms with Crippen molar-refractivity contribution in [3.8, 4) is 11.8 Å². The van der Waals surface area contributed by atoms with Gasteiger partial charge >= 0.3 is 13.8 Å². The third-order valence-electron chi connectivity index (χ3n) is 9.26. The van der Waals surface area contributed by atoms with Crippen molar-refractivity contribution in [1.29, 1.82) is 0 Å². The molecule has 50 heavy (non-hydrogen) atoms. The zero-order chi connectivity index (χ0) is 35.7. The van der Waals surface area contributed by atoms with Gasteiger partial charge in [0.15, 0.2) is 0 Å². The molecule has 268 valence electrons. The van der Waals surface area contributed by atoms with E-state index in [-0.39, 0.29) is 36.5 Å². The number of amides is 1. The Kier molecular flexibility index (Phi) is 13.2. The standard InChI is InChI=1S/C40H50NO7PS/c1-29-16-18-32(19-17-29)38(42)41(36-26-35(24-25-40(2,3)4)50-37(36)39(43)45-5)33-20-22-34(23-21-33)48-49(44,46-27-30-12-8-6-9-13-30)47-28-31-14-10-7-11-15-31/h6-15,26,29,32-34H,16-23,27-28H2,1-5H3/t29-,32-,33-,34-. The van der Waals surface area contributed by atoms with Gasteiger partial charge in [0.25, 0.3) is 0 Å². The van der Waals surface area contributed by atoms with Gasteiger partial charge in [-0.2, -0.15) is 0 Å². The highest BCUT2D eigenvalue weighted by molar-refractivity contribution is 7.48. The van der Waals surface area contributed by atoms with E-state index in [2.05, 4.69) is 18.8 Å². The first-order valence-corrected chi connectivity index (χ1v) is 19.9. The van der Waals surface area contributed by atoms with Crippen LogP contribution in [0.1, 0.15) is 105 Å². The summed E-state index contributed by atoms with van der Waals surface area (Å²) in [5.74, 6) is 6.53. The van der Waals surface area contributed by atoms with E-state index < -0.39 is 19.9 Å². The van der Waals surface area contributed by atoms with Crippen molar-refractivity contribution in [3.63, 3.8) is 0 Å². The number of carbonyl (C=O) groups is 2. The van der Waals surface area contributed by atoms with E-state index in [0.717, 1.165) is 41.7 Å². The number of rotatable bonds is 12. The SMILES string of the molecule is COC(=O)c1sc(C#CC(C)(C)C)cc1N(C(=O)[C@H]1CC[C@H](C)CC1)[C@H]1CC[C@H](OP(=O)(OCc2ccccc2)OCc2ccccc2)CC1. The fourth-order valence-corrected chi connectivity index (χ4v) is 8.76. The molecule has 2 aromatic carbocycles. The van der Waals surface area contributed by atoms with Gasteiger partial charge in [-0.15, -0.1) is 11.3 Å². The van der Waals surface area contributed by atoms with Gasteiger partial charge in [0.1, 0.15) is 4.88 Å². The molecule has 1 aromatic heterocycles. The fourth-order valence-electron chi connectivity index (χ4n) is 6.45. The Labute approximate surface area is 301 Å². The van der Waals surface area contributed by atoms with Crippen LogP contribution in [0.4, 0.5) is 5.69 Å². The Balaban J connectivity index is 1.37. The highest BCUT2D eigenvalue weighted by Crippen LogP contribution is 2.54. The van der Waals surface area contributed by atoms with Gasteiger partial charge < -0.3 is 9.64 Å². The van der Waals surface area contributed by atoms with Crippen molar-refractivity contribution in [2.45, 2.75) is 104 Å². The number of thiophene rings is 1. The number of carbonyl (C=O) groups excluding carboxylic acids is 2. The molecule has 3 aromatic rings. The summed E-state index contributed by atoms with van der Waals surface area (Å²) >= 11 is 1.27. The molecule has 5 rings (SSSR count). The van der Waals surface area contributed by atoms with Gasteiger partial charge in [-0.3, -0.25) is 18.4 Å². The average molecular weight is 720 g/mol. The minimum Gasteiger partial charge on any atom is -0.465 e. The first kappa shape index (κ1) is 38.0. The number of hydrogen-bond acceptors (Lipinski definition) is 8. The summed E-state index contributed by atoms with van der Waals surface area (Å²) in [5.41, 5.74) is 2.06. The summed E-state index contributed by atoms with van der Waals surface area (Å²) in [6, 6.07) is 20.7. The third-order valence-corrected chi connectivity index (χ3v) is 11.7. The lowest BCUT2D eigenvalue weighted by Gasteiger charge is -2.39. The smallest absolute Gasteiger partial charge is 0.465 e. The summed E-state index contributed by atoms with van der Waals surface area (Å²) in [5, 5.41) is 0. The number of benzene rings is 2. The molecule has 2 fully saturated rings. The molecule has 0 N–H and O–H groups in total. The normalized spacial score (nSPS) is 21.1. The molecule has 0 spiro atoms. The van der Waals surface area contributed by atoms with Crippen LogP contribution in [-0.2, 0) is 40.9 Å². The zero-order valence-electron chi connectivity index (χ0n) is 29.9. The van der Waals surface area contributed by atoms with E-state index in [9.17, 15) is 14.2 Å². The maximum absolute atomic E-state index is 14.5. The molecular weight excluding hydrogens is 669 g/mol. The number of methoxy groups -OCH3 is 1. The monoisotopic (exact) mass is 719 g/mol. The highest BCUT2D eigenvalue weighted by atomic mass is 32.1. The molecular formula is C40H50NO7PS. The Morgan fingerprint density at radius 3 is 1.94 bits per heavy atom. The van der Waals surface area contributed by atoms with E-state index >= 15 is 0 Å². The van der Waals surface area contributed by atoms with E-state index in [4.69, 9.17) is 18.3 Å². The molecule has 0 radical (unpaired) electrons. The predicted octanol–water partition coefficient (Wildman–Crippen LogP) is 9.96. The summed E-state index contributed by atoms with van der Waals surface area (Å²) in [6.07, 6.45) is 5.52. The lowest BCUT2D eigenvalue weighted by Crippen LogP contribution is -2.47. The van der Waals surface area contributed by atoms with Gasteiger partial charge in [-0.25, -0.2) is 9.36 Å². The Hall–Kier alpha value is -3.25. The third kappa shape index (κ3) is 10.6. The molecule has 0 unspecified atom stereocenters. The van der Waals surface area contributed by atoms with Crippen LogP contribution in [0.15, 0.2) is 66.7 Å². The lowest BCUT2D eigenvalue weighted by molar-refractivity contribution is -0.124. The first-order chi connectivity index (χ1) is 23.9. The van der Waals surface area contributed by atoms with Crippen molar-refractivity contribution in [1.82, 2.24) is 0 Å². The molecule has 0 atom stereocenters. The number of esters is 1. The number of phosphoric ester groups is 1. The second kappa shape index (κ2) is 17.3. The molecule has 0 aliphatic heterocycles. The first-order valence-electron chi connectivity index (χ1n) is 17.7. The van der Waals surface area contributed by atoms with E-state index in [0.29, 0.717) is 42.2 Å². The van der Waals surface area contributed by atoms with E-state index in [1.54, 1.807) is 0 Å². The summed E-state index contributed by atoms with van der Waals surface area (Å²) in [7, 11) is -2.60. The second-order valence-corrected chi connectivity index (χ2v) is 17.2. The topological polar surface area (TPSA) is 91.4 Å². The molecule has 8 nitrogen and oxygen atoms in total. The van der Waals surface area contributed by atoms with Gasteiger partial charge in [0.05, 0.1) is 37.0 Å². The fraction of sp³-hybridized carbons (Fsp3) is 0.500. The van der Waals surface area contributed by atoms with Crippen molar-refractivity contribution in [3.05, 3.63) is 87.6 Å². The molecule has 0 saturated heterocycles. The van der Waals surface area contributed by atoms with Gasteiger partial charge in [0, 0.05) is 17.4 Å². The maximum Gasteiger partial charge on any atom is 0.475 e. The quantitative estimate of drug-likeness (QED) is 0.105. The molecule has 1 amide bonds. The van der Waals surface area contributed by atoms with Crippen LogP contribution < -0.4 is 4.90 Å². The maximum atomic E-state index is 14.5. The van der Waals surface area contributed by atoms with Crippen LogP contribution in [0.5, 0.6) is 0 Å². The van der Waals surface area contributed by atoms with E-state index in [1.165, 1.54) is 18.4 Å². The zero-order valence-corrected chi connectivity index (χ0v) is 31.6. The molecule has 2 saturated carbocycles. The number of phosphoric acid groups is 1. The second-order valence-electron chi connectivity index (χ2n) is 14.5. The Morgan fingerprint density at radius 2 is 1.42 bits per heavy atom. The van der Waals surface area contributed by atoms with Crippen molar-refractivity contribution in [2.24, 2.45) is 17.3 Å². The highest BCUT2D eigenvalue weighted by Gasteiger charge is 2.40. The van der Waals surface area contributed by atoms with Crippen molar-refractivity contribution < 1.29 is 32.5 Å². The van der Waals surface area contributed by atoms with Crippen LogP contribution in [-0.4, -0.2) is 31.1 Å². The molecule has 0 bridgehead atoms. The summed E-state index contributed by atoms with van der Waals surface area (Å²) in [6.45, 7) is 8.51. The van der Waals surface area contributed by atoms with Crippen LogP contribution >= 0.6 is 19.2 Å². The largest absolute Gasteiger partial charge is 0.475 e. The lowest BCUT2D eigenvalue weighted by atomic mass is 9.81. The predicted molar refractivity (Wildman–Crippen MR) is 198 cm³/mol. The van der Waals surface area contributed by atoms with Gasteiger partial charge in [0.2, 0.25) is 5.91 Å². The van der Waals surface area contributed by atoms with Crippen LogP contribution in [0.3, 0.4) is 0 Å². The van der Waals surface area contributed by atoms with Crippen LogP contribution in [0, 0.1) is 29.1 Å². The minimum atomic E-state index is -3.97. The Bertz CT molecular complexity index is 1630. The average Bonchev–Trinajstić information content (AvgIpc) is 3.54. The minimum absolute atomic E-state index is 0.0441. The number of ether oxygens (including phenoxy) is 1. The number of nitrogens with zero attached hydrogens (tertiary/aromatic N) is 1. The summed E-state index contributed by atoms with van der Waals surface area (Å²) in [4.78, 5) is 30.6. The Morgan fingerprint density at radius 1 is 0.860 bits per heavy atom. The van der Waals surface area contributed by atoms with E-state index in [1.807, 2.05) is 92.4 Å². The van der Waals surface area contributed by atoms with Crippen molar-refractivity contribution in [2.75, 3.05) is 12.0 Å². The molecule has 1 heterocycles. The van der Waals surface area contributed by atoms with Gasteiger partial charge in [-0.1, -0.05) is 79.4 Å². The van der Waals surface area contributed by atoms with Crippen LogP contribution in [0.25, 0.3) is 0 Å². The number of anilines is 1. The molecule has 2 aliphatic rings. The molecule has 10 heteroatoms. The number of hydrogen-bond donors (Lipinski definition) is 0. The van der Waals surface area contributed by atoms with Crippen molar-refractivity contribution >= 4 is 36.7 Å². The molecule has 2 aliphatic carbocycles. The van der Waals surface area contributed by atoms with Gasteiger partial charge in [-0.05, 0) is 95.2 Å². The summed E-state index contributed by atoms with van der Waals surface area (Å²) < 4.78 is 37.3. The van der Waals surface area contributed by atoms with Crippen LogP contribution in [0.2, 0.25) is 0 Å².